The van der Waals surface area contributed by atoms with Gasteiger partial charge in [-0.15, -0.1) is 13.2 Å². The highest BCUT2D eigenvalue weighted by atomic mass is 14.1. The maximum Gasteiger partial charge on any atom is -0.0320 e. The summed E-state index contributed by atoms with van der Waals surface area (Å²) in [6.07, 6.45) is 50.6. The summed E-state index contributed by atoms with van der Waals surface area (Å²) in [5, 5.41) is 0. The number of hydrogen-bond donors (Lipinski definition) is 0. The predicted molar refractivity (Wildman–Crippen MR) is 186 cm³/mol. The highest BCUT2D eigenvalue weighted by molar-refractivity contribution is 5.02. The number of unbranched alkanes of at least 4 members (excludes halogenated alkanes) is 26. The first-order chi connectivity index (χ1) is 19.7. The van der Waals surface area contributed by atoms with Gasteiger partial charge in [-0.3, -0.25) is 0 Å². The predicted octanol–water partition coefficient (Wildman–Crippen LogP) is 15.0. The first-order valence-electron chi connectivity index (χ1n) is 18.6. The van der Waals surface area contributed by atoms with Crippen LogP contribution in [0.4, 0.5) is 0 Å². The molecule has 0 amide bonds. The van der Waals surface area contributed by atoms with E-state index in [4.69, 9.17) is 0 Å². The zero-order valence-electron chi connectivity index (χ0n) is 28.1. The Balaban J connectivity index is 3.60. The van der Waals surface area contributed by atoms with Crippen molar-refractivity contribution in [1.82, 2.24) is 0 Å². The van der Waals surface area contributed by atoms with Crippen molar-refractivity contribution in [3.8, 4) is 0 Å². The molecule has 0 aromatic heterocycles. The second kappa shape index (κ2) is 34.4. The van der Waals surface area contributed by atoms with Crippen LogP contribution in [0.25, 0.3) is 0 Å². The van der Waals surface area contributed by atoms with Gasteiger partial charge in [0.25, 0.3) is 0 Å². The summed E-state index contributed by atoms with van der Waals surface area (Å²) in [5.41, 5.74) is 1.78. The van der Waals surface area contributed by atoms with Crippen molar-refractivity contribution in [2.45, 2.75) is 213 Å². The van der Waals surface area contributed by atoms with Gasteiger partial charge in [-0.25, -0.2) is 0 Å². The molecule has 0 spiro atoms. The van der Waals surface area contributed by atoms with Crippen LogP contribution >= 0.6 is 0 Å². The van der Waals surface area contributed by atoms with Crippen molar-refractivity contribution < 1.29 is 0 Å². The summed E-state index contributed by atoms with van der Waals surface area (Å²) < 4.78 is 0. The minimum Gasteiger partial charge on any atom is -0.103 e. The Morgan fingerprint density at radius 3 is 0.900 bits per heavy atom. The van der Waals surface area contributed by atoms with Crippen LogP contribution in [0, 0.1) is 5.92 Å². The van der Waals surface area contributed by atoms with Gasteiger partial charge in [0.15, 0.2) is 0 Å². The molecule has 0 fully saturated rings. The molecule has 236 valence electrons. The zero-order chi connectivity index (χ0) is 29.2. The molecule has 0 aromatic rings. The summed E-state index contributed by atoms with van der Waals surface area (Å²) in [6.45, 7) is 12.4. The molecule has 0 bridgehead atoms. The van der Waals surface area contributed by atoms with Gasteiger partial charge in [0.1, 0.15) is 0 Å². The molecule has 0 aliphatic heterocycles. The van der Waals surface area contributed by atoms with Crippen molar-refractivity contribution in [2.24, 2.45) is 5.92 Å². The highest BCUT2D eigenvalue weighted by Crippen LogP contribution is 2.21. The van der Waals surface area contributed by atoms with Crippen LogP contribution in [0.15, 0.2) is 37.0 Å². The van der Waals surface area contributed by atoms with Crippen molar-refractivity contribution in [3.63, 3.8) is 0 Å². The second-order valence-electron chi connectivity index (χ2n) is 13.3. The molecule has 0 rings (SSSR count). The van der Waals surface area contributed by atoms with Gasteiger partial charge in [0.2, 0.25) is 0 Å². The Kier molecular flexibility index (Phi) is 33.8. The van der Waals surface area contributed by atoms with Gasteiger partial charge >= 0.3 is 0 Å². The fourth-order valence-electron chi connectivity index (χ4n) is 5.90. The van der Waals surface area contributed by atoms with E-state index in [1.807, 2.05) is 0 Å². The molecule has 0 heterocycles. The minimum absolute atomic E-state index is 0.796. The third kappa shape index (κ3) is 33.4. The molecule has 0 aliphatic rings. The summed E-state index contributed by atoms with van der Waals surface area (Å²) >= 11 is 0. The Morgan fingerprint density at radius 1 is 0.400 bits per heavy atom. The SMILES string of the molecule is C=CCCCCCCCCCCCCCCCCC(=CCC(C)C)CCCCCCCCCCCCCCC=C. The molecule has 0 radical (unpaired) electrons. The van der Waals surface area contributed by atoms with Crippen molar-refractivity contribution in [3.05, 3.63) is 37.0 Å². The molecule has 0 aliphatic carbocycles. The zero-order valence-corrected chi connectivity index (χ0v) is 28.1. The number of rotatable bonds is 34. The van der Waals surface area contributed by atoms with Gasteiger partial charge < -0.3 is 0 Å². The van der Waals surface area contributed by atoms with E-state index in [9.17, 15) is 0 Å². The van der Waals surface area contributed by atoms with Crippen LogP contribution in [0.3, 0.4) is 0 Å². The monoisotopic (exact) mass is 557 g/mol. The Hall–Kier alpha value is -0.780. The van der Waals surface area contributed by atoms with E-state index in [0.717, 1.165) is 5.92 Å². The summed E-state index contributed by atoms with van der Waals surface area (Å²) in [5.74, 6) is 0.796. The van der Waals surface area contributed by atoms with E-state index in [-0.39, 0.29) is 0 Å². The van der Waals surface area contributed by atoms with Crippen LogP contribution in [0.5, 0.6) is 0 Å². The molecule has 0 aromatic carbocycles. The van der Waals surface area contributed by atoms with Crippen LogP contribution in [-0.4, -0.2) is 0 Å². The van der Waals surface area contributed by atoms with E-state index >= 15 is 0 Å². The standard InChI is InChI=1S/C40H76/c1-5-7-9-11-13-15-17-19-21-22-24-26-28-30-32-34-36-40(38-37-39(3)4)35-33-31-29-27-25-23-20-18-16-14-12-10-8-6-2/h5-6,38-39H,1-2,7-37H2,3-4H3. The van der Waals surface area contributed by atoms with Gasteiger partial charge in [0.05, 0.1) is 0 Å². The third-order valence-corrected chi connectivity index (χ3v) is 8.69. The molecule has 0 unspecified atom stereocenters. The van der Waals surface area contributed by atoms with Crippen LogP contribution in [0.2, 0.25) is 0 Å². The maximum atomic E-state index is 3.81. The van der Waals surface area contributed by atoms with Crippen molar-refractivity contribution >= 4 is 0 Å². The first kappa shape index (κ1) is 39.2. The van der Waals surface area contributed by atoms with Gasteiger partial charge in [0, 0.05) is 0 Å². The molecule has 0 saturated carbocycles. The lowest BCUT2D eigenvalue weighted by atomic mass is 9.97. The molecule has 0 N–H and O–H groups in total. The number of hydrogen-bond acceptors (Lipinski definition) is 0. The minimum atomic E-state index is 0.796. The summed E-state index contributed by atoms with van der Waals surface area (Å²) in [7, 11) is 0. The topological polar surface area (TPSA) is 0 Å². The molecule has 40 heavy (non-hydrogen) atoms. The molecule has 0 nitrogen and oxygen atoms in total. The Bertz CT molecular complexity index is 524. The second-order valence-corrected chi connectivity index (χ2v) is 13.3. The van der Waals surface area contributed by atoms with Crippen LogP contribution < -0.4 is 0 Å². The van der Waals surface area contributed by atoms with E-state index < -0.39 is 0 Å². The van der Waals surface area contributed by atoms with Crippen LogP contribution in [-0.2, 0) is 0 Å². The van der Waals surface area contributed by atoms with Crippen molar-refractivity contribution in [2.75, 3.05) is 0 Å². The average Bonchev–Trinajstić information content (AvgIpc) is 2.95. The smallest absolute Gasteiger partial charge is 0.0320 e. The lowest BCUT2D eigenvalue weighted by Gasteiger charge is -2.10. The summed E-state index contributed by atoms with van der Waals surface area (Å²) in [6, 6.07) is 0. The van der Waals surface area contributed by atoms with Gasteiger partial charge in [-0.2, -0.15) is 0 Å². The molecular weight excluding hydrogens is 480 g/mol. The molecule has 0 atom stereocenters. The lowest BCUT2D eigenvalue weighted by Crippen LogP contribution is -1.91. The molecule has 0 saturated heterocycles. The van der Waals surface area contributed by atoms with Crippen LogP contribution in [0.1, 0.15) is 213 Å². The first-order valence-corrected chi connectivity index (χ1v) is 18.6. The van der Waals surface area contributed by atoms with E-state index in [1.54, 1.807) is 5.57 Å². The molecule has 0 heteroatoms. The lowest BCUT2D eigenvalue weighted by molar-refractivity contribution is 0.530. The van der Waals surface area contributed by atoms with Crippen molar-refractivity contribution in [1.29, 1.82) is 0 Å². The average molecular weight is 557 g/mol. The number of allylic oxidation sites excluding steroid dienone is 4. The normalized spacial score (nSPS) is 11.9. The van der Waals surface area contributed by atoms with E-state index in [0.29, 0.717) is 0 Å². The quantitative estimate of drug-likeness (QED) is 0.0546. The van der Waals surface area contributed by atoms with E-state index in [2.05, 4.69) is 45.2 Å². The maximum absolute atomic E-state index is 3.81. The molecular formula is C40H76. The largest absolute Gasteiger partial charge is 0.103 e. The Labute approximate surface area is 255 Å². The highest BCUT2D eigenvalue weighted by Gasteiger charge is 2.02. The van der Waals surface area contributed by atoms with Gasteiger partial charge in [-0.1, -0.05) is 179 Å². The summed E-state index contributed by atoms with van der Waals surface area (Å²) in [4.78, 5) is 0. The fraction of sp³-hybridized carbons (Fsp3) is 0.850. The fourth-order valence-corrected chi connectivity index (χ4v) is 5.90. The third-order valence-electron chi connectivity index (χ3n) is 8.69. The Morgan fingerprint density at radius 2 is 0.650 bits per heavy atom. The van der Waals surface area contributed by atoms with Gasteiger partial charge in [-0.05, 0) is 63.7 Å². The van der Waals surface area contributed by atoms with E-state index in [1.165, 1.54) is 199 Å².